The number of carbonyl (C=O) groups is 1. The van der Waals surface area contributed by atoms with Gasteiger partial charge in [-0.3, -0.25) is 4.79 Å². The number of likely N-dealkylation sites (tertiary alicyclic amines) is 1. The Morgan fingerprint density at radius 1 is 1.33 bits per heavy atom. The molecule has 1 aliphatic heterocycles. The van der Waals surface area contributed by atoms with Crippen LogP contribution in [0.25, 0.3) is 5.69 Å². The minimum atomic E-state index is -0.132. The number of amides is 1. The Labute approximate surface area is 128 Å². The van der Waals surface area contributed by atoms with Crippen LogP contribution in [0.15, 0.2) is 42.7 Å². The largest absolute Gasteiger partial charge is 0.392 e. The number of nitrogens with zero attached hydrogens (tertiary/aromatic N) is 3. The van der Waals surface area contributed by atoms with Gasteiger partial charge in [0.05, 0.1) is 28.5 Å². The van der Waals surface area contributed by atoms with Gasteiger partial charge in [0, 0.05) is 12.7 Å². The van der Waals surface area contributed by atoms with E-state index >= 15 is 0 Å². The molecule has 1 fully saturated rings. The predicted octanol–water partition coefficient (Wildman–Crippen LogP) is 1.76. The Morgan fingerprint density at radius 2 is 2.10 bits per heavy atom. The summed E-state index contributed by atoms with van der Waals surface area (Å²) in [5.41, 5.74) is 7.19. The molecule has 2 aromatic rings. The number of nitrogens with two attached hydrogens (primary N) is 1. The maximum absolute atomic E-state index is 12.6. The quantitative estimate of drug-likeness (QED) is 0.877. The van der Waals surface area contributed by atoms with E-state index in [2.05, 4.69) is 5.10 Å². The fraction of sp³-hybridized carbons (Fsp3) is 0.267. The van der Waals surface area contributed by atoms with E-state index in [1.54, 1.807) is 22.0 Å². The average Bonchev–Trinajstić information content (AvgIpc) is 3.17. The fourth-order valence-corrected chi connectivity index (χ4v) is 2.87. The minimum Gasteiger partial charge on any atom is -0.392 e. The molecule has 0 aliphatic carbocycles. The Kier molecular flexibility index (Phi) is 3.70. The standard InChI is InChI=1S/C15H16N4OS/c16-14(21)13-7-4-8-18(13)15(20)11-9-17-19(10-11)12-5-2-1-3-6-12/h1-3,5-6,9-10,13H,4,7-8H2,(H2,16,21). The summed E-state index contributed by atoms with van der Waals surface area (Å²) >= 11 is 5.05. The van der Waals surface area contributed by atoms with Crippen LogP contribution < -0.4 is 5.73 Å². The fourth-order valence-electron chi connectivity index (χ4n) is 2.63. The van der Waals surface area contributed by atoms with Crippen LogP contribution in [0.3, 0.4) is 0 Å². The molecule has 108 valence electrons. The predicted molar refractivity (Wildman–Crippen MR) is 84.4 cm³/mol. The molecule has 1 atom stereocenters. The highest BCUT2D eigenvalue weighted by Crippen LogP contribution is 2.20. The molecule has 2 heterocycles. The van der Waals surface area contributed by atoms with Gasteiger partial charge < -0.3 is 10.6 Å². The maximum Gasteiger partial charge on any atom is 0.257 e. The highest BCUT2D eigenvalue weighted by Gasteiger charge is 2.31. The first-order chi connectivity index (χ1) is 10.2. The van der Waals surface area contributed by atoms with Crippen LogP contribution >= 0.6 is 12.2 Å². The molecule has 0 saturated carbocycles. The second kappa shape index (κ2) is 5.65. The van der Waals surface area contributed by atoms with Gasteiger partial charge in [-0.2, -0.15) is 5.10 Å². The lowest BCUT2D eigenvalue weighted by Gasteiger charge is -2.22. The molecule has 1 aliphatic rings. The van der Waals surface area contributed by atoms with Crippen molar-refractivity contribution in [1.82, 2.24) is 14.7 Å². The zero-order valence-electron chi connectivity index (χ0n) is 11.5. The zero-order valence-corrected chi connectivity index (χ0v) is 12.3. The SMILES string of the molecule is NC(=S)C1CCCN1C(=O)c1cnn(-c2ccccc2)c1. The van der Waals surface area contributed by atoms with Crippen LogP contribution in [0.5, 0.6) is 0 Å². The van der Waals surface area contributed by atoms with Crippen molar-refractivity contribution in [3.63, 3.8) is 0 Å². The lowest BCUT2D eigenvalue weighted by molar-refractivity contribution is 0.0770. The smallest absolute Gasteiger partial charge is 0.257 e. The Balaban J connectivity index is 1.83. The van der Waals surface area contributed by atoms with Crippen LogP contribution in [0.4, 0.5) is 0 Å². The lowest BCUT2D eigenvalue weighted by atomic mass is 10.2. The summed E-state index contributed by atoms with van der Waals surface area (Å²) in [7, 11) is 0. The van der Waals surface area contributed by atoms with E-state index in [1.165, 1.54) is 0 Å². The second-order valence-corrected chi connectivity index (χ2v) is 5.54. The first kappa shape index (κ1) is 13.8. The van der Waals surface area contributed by atoms with E-state index in [0.717, 1.165) is 18.5 Å². The Bertz CT molecular complexity index is 667. The van der Waals surface area contributed by atoms with Crippen molar-refractivity contribution < 1.29 is 4.79 Å². The van der Waals surface area contributed by atoms with Crippen LogP contribution in [-0.2, 0) is 0 Å². The van der Waals surface area contributed by atoms with Crippen molar-refractivity contribution >= 4 is 23.1 Å². The van der Waals surface area contributed by atoms with Gasteiger partial charge in [0.2, 0.25) is 0 Å². The molecule has 1 aromatic heterocycles. The van der Waals surface area contributed by atoms with E-state index in [0.29, 0.717) is 17.1 Å². The van der Waals surface area contributed by atoms with Crippen molar-refractivity contribution in [3.05, 3.63) is 48.3 Å². The number of hydrogen-bond donors (Lipinski definition) is 1. The molecule has 3 rings (SSSR count). The van der Waals surface area contributed by atoms with Crippen molar-refractivity contribution in [2.24, 2.45) is 5.73 Å². The number of rotatable bonds is 3. The second-order valence-electron chi connectivity index (χ2n) is 5.07. The molecule has 0 bridgehead atoms. The molecule has 1 aromatic carbocycles. The van der Waals surface area contributed by atoms with E-state index in [-0.39, 0.29) is 11.9 Å². The van der Waals surface area contributed by atoms with Gasteiger partial charge in [0.15, 0.2) is 0 Å². The number of thiocarbonyl (C=S) groups is 1. The summed E-state index contributed by atoms with van der Waals surface area (Å²) in [4.78, 5) is 14.7. The number of benzene rings is 1. The van der Waals surface area contributed by atoms with Gasteiger partial charge in [0.1, 0.15) is 0 Å². The summed E-state index contributed by atoms with van der Waals surface area (Å²) in [6, 6.07) is 9.55. The highest BCUT2D eigenvalue weighted by atomic mass is 32.1. The molecule has 2 N–H and O–H groups in total. The molecule has 5 nitrogen and oxygen atoms in total. The van der Waals surface area contributed by atoms with Gasteiger partial charge in [-0.25, -0.2) is 4.68 Å². The van der Waals surface area contributed by atoms with Gasteiger partial charge >= 0.3 is 0 Å². The Morgan fingerprint density at radius 3 is 2.81 bits per heavy atom. The van der Waals surface area contributed by atoms with Crippen molar-refractivity contribution in [1.29, 1.82) is 0 Å². The summed E-state index contributed by atoms with van der Waals surface area (Å²) < 4.78 is 1.69. The molecule has 6 heteroatoms. The monoisotopic (exact) mass is 300 g/mol. The van der Waals surface area contributed by atoms with Gasteiger partial charge in [-0.15, -0.1) is 0 Å². The summed E-state index contributed by atoms with van der Waals surface area (Å²) in [5.74, 6) is -0.0625. The minimum absolute atomic E-state index is 0.0625. The summed E-state index contributed by atoms with van der Waals surface area (Å²) in [6.45, 7) is 0.692. The van der Waals surface area contributed by atoms with Crippen molar-refractivity contribution in [3.8, 4) is 5.69 Å². The van der Waals surface area contributed by atoms with E-state index in [1.807, 2.05) is 30.3 Å². The number of carbonyl (C=O) groups excluding carboxylic acids is 1. The van der Waals surface area contributed by atoms with Gasteiger partial charge in [0.25, 0.3) is 5.91 Å². The van der Waals surface area contributed by atoms with Gasteiger partial charge in [-0.05, 0) is 25.0 Å². The van der Waals surface area contributed by atoms with Crippen molar-refractivity contribution in [2.75, 3.05) is 6.54 Å². The molecule has 1 saturated heterocycles. The third kappa shape index (κ3) is 2.67. The molecule has 1 amide bonds. The topological polar surface area (TPSA) is 64.2 Å². The average molecular weight is 300 g/mol. The van der Waals surface area contributed by atoms with Crippen molar-refractivity contribution in [2.45, 2.75) is 18.9 Å². The molecule has 0 radical (unpaired) electrons. The van der Waals surface area contributed by atoms with E-state index < -0.39 is 0 Å². The third-order valence-corrected chi connectivity index (χ3v) is 3.96. The van der Waals surface area contributed by atoms with E-state index in [4.69, 9.17) is 18.0 Å². The molecule has 0 spiro atoms. The highest BCUT2D eigenvalue weighted by molar-refractivity contribution is 7.80. The first-order valence-electron chi connectivity index (χ1n) is 6.87. The van der Waals surface area contributed by atoms with Gasteiger partial charge in [-0.1, -0.05) is 30.4 Å². The normalized spacial score (nSPS) is 17.9. The molecular formula is C15H16N4OS. The molecular weight excluding hydrogens is 284 g/mol. The summed E-state index contributed by atoms with van der Waals surface area (Å²) in [6.07, 6.45) is 5.10. The number of hydrogen-bond acceptors (Lipinski definition) is 3. The van der Waals surface area contributed by atoms with Crippen LogP contribution in [0.2, 0.25) is 0 Å². The number of para-hydroxylation sites is 1. The molecule has 1 unspecified atom stereocenters. The van der Waals surface area contributed by atoms with Crippen LogP contribution in [0, 0.1) is 0 Å². The maximum atomic E-state index is 12.6. The lowest BCUT2D eigenvalue weighted by Crippen LogP contribution is -2.42. The Hall–Kier alpha value is -2.21. The molecule has 21 heavy (non-hydrogen) atoms. The first-order valence-corrected chi connectivity index (χ1v) is 7.28. The number of aromatic nitrogens is 2. The van der Waals surface area contributed by atoms with E-state index in [9.17, 15) is 4.79 Å². The van der Waals surface area contributed by atoms with Crippen LogP contribution in [-0.4, -0.2) is 38.2 Å². The third-order valence-electron chi connectivity index (χ3n) is 3.69. The van der Waals surface area contributed by atoms with Crippen LogP contribution in [0.1, 0.15) is 23.2 Å². The summed E-state index contributed by atoms with van der Waals surface area (Å²) in [5, 5.41) is 4.25. The zero-order chi connectivity index (χ0) is 14.8.